The van der Waals surface area contributed by atoms with Gasteiger partial charge in [0, 0.05) is 50.5 Å². The Kier molecular flexibility index (Phi) is 7.50. The number of non-ortho nitro benzene ring substituents is 1. The fourth-order valence-electron chi connectivity index (χ4n) is 3.65. The lowest BCUT2D eigenvalue weighted by molar-refractivity contribution is -0.385. The van der Waals surface area contributed by atoms with E-state index in [4.69, 9.17) is 14.2 Å². The minimum atomic E-state index is -1.28. The van der Waals surface area contributed by atoms with Crippen molar-refractivity contribution in [3.63, 3.8) is 0 Å². The van der Waals surface area contributed by atoms with Crippen molar-refractivity contribution in [2.75, 3.05) is 13.7 Å². The highest BCUT2D eigenvalue weighted by molar-refractivity contribution is 6.76. The average molecular weight is 529 g/mol. The monoisotopic (exact) mass is 528 g/mol. The zero-order valence-corrected chi connectivity index (χ0v) is 21.8. The first-order valence-electron chi connectivity index (χ1n) is 11.4. The van der Waals surface area contributed by atoms with Crippen LogP contribution in [0.15, 0.2) is 48.9 Å². The van der Waals surface area contributed by atoms with Gasteiger partial charge in [0.25, 0.3) is 5.69 Å². The Balaban J connectivity index is 1.78. The molecular formula is C25H26F2N4O5Si. The smallest absolute Gasteiger partial charge is 0.275 e. The molecule has 4 rings (SSSR count). The first-order valence-corrected chi connectivity index (χ1v) is 15.2. The lowest BCUT2D eigenvalue weighted by Gasteiger charge is -2.15. The van der Waals surface area contributed by atoms with E-state index in [0.717, 1.165) is 6.04 Å². The number of aromatic nitrogens is 3. The Morgan fingerprint density at radius 3 is 2.43 bits per heavy atom. The van der Waals surface area contributed by atoms with Gasteiger partial charge in [-0.2, -0.15) is 0 Å². The van der Waals surface area contributed by atoms with Crippen molar-refractivity contribution < 1.29 is 27.9 Å². The van der Waals surface area contributed by atoms with Crippen molar-refractivity contribution in [3.8, 4) is 28.5 Å². The van der Waals surface area contributed by atoms with Crippen molar-refractivity contribution in [3.05, 3.63) is 70.7 Å². The number of halogens is 2. The third-order valence-electron chi connectivity index (χ3n) is 5.61. The van der Waals surface area contributed by atoms with E-state index in [1.807, 2.05) is 6.20 Å². The predicted molar refractivity (Wildman–Crippen MR) is 137 cm³/mol. The van der Waals surface area contributed by atoms with Crippen LogP contribution in [0.25, 0.3) is 22.2 Å². The number of ether oxygens (including phenoxy) is 3. The summed E-state index contributed by atoms with van der Waals surface area (Å²) in [6, 6.07) is 7.17. The Morgan fingerprint density at radius 2 is 1.84 bits per heavy atom. The molecular weight excluding hydrogens is 502 g/mol. The van der Waals surface area contributed by atoms with E-state index < -0.39 is 36.1 Å². The summed E-state index contributed by atoms with van der Waals surface area (Å²) in [5, 5.41) is 11.4. The van der Waals surface area contributed by atoms with Gasteiger partial charge in [-0.15, -0.1) is 0 Å². The van der Waals surface area contributed by atoms with Gasteiger partial charge in [-0.25, -0.2) is 18.7 Å². The summed E-state index contributed by atoms with van der Waals surface area (Å²) >= 11 is 0. The van der Waals surface area contributed by atoms with E-state index in [-0.39, 0.29) is 12.5 Å². The summed E-state index contributed by atoms with van der Waals surface area (Å²) in [5.41, 5.74) is 1.09. The van der Waals surface area contributed by atoms with Crippen molar-refractivity contribution in [2.45, 2.75) is 32.4 Å². The second-order valence-corrected chi connectivity index (χ2v) is 15.2. The second-order valence-electron chi connectivity index (χ2n) is 9.56. The highest BCUT2D eigenvalue weighted by Gasteiger charge is 2.22. The van der Waals surface area contributed by atoms with Gasteiger partial charge in [0.05, 0.1) is 29.6 Å². The van der Waals surface area contributed by atoms with Crippen molar-refractivity contribution in [1.82, 2.24) is 14.5 Å². The van der Waals surface area contributed by atoms with E-state index in [9.17, 15) is 18.9 Å². The molecule has 0 radical (unpaired) electrons. The Bertz CT molecular complexity index is 1410. The number of nitro groups is 1. The van der Waals surface area contributed by atoms with Crippen LogP contribution >= 0.6 is 0 Å². The van der Waals surface area contributed by atoms with Gasteiger partial charge in [-0.1, -0.05) is 19.6 Å². The molecule has 0 aliphatic carbocycles. The third kappa shape index (κ3) is 5.92. The molecule has 0 amide bonds. The SMILES string of the molecule is COc1ccc(-c2cn(COCC[Si](C)(C)C)c3nccc(Oc4c(F)cc([N+](=O)[O-])cc4F)c23)cn1. The minimum Gasteiger partial charge on any atom is -0.481 e. The number of pyridine rings is 2. The van der Waals surface area contributed by atoms with Crippen LogP contribution in [-0.4, -0.2) is 41.2 Å². The van der Waals surface area contributed by atoms with Crippen molar-refractivity contribution in [1.29, 1.82) is 0 Å². The van der Waals surface area contributed by atoms with Crippen molar-refractivity contribution in [2.24, 2.45) is 0 Å². The average Bonchev–Trinajstić information content (AvgIpc) is 3.22. The summed E-state index contributed by atoms with van der Waals surface area (Å²) in [6.07, 6.45) is 4.87. The van der Waals surface area contributed by atoms with Crippen LogP contribution in [0.1, 0.15) is 0 Å². The second kappa shape index (κ2) is 10.6. The molecule has 0 unspecified atom stereocenters. The Hall–Kier alpha value is -3.90. The molecule has 0 atom stereocenters. The number of methoxy groups -OCH3 is 1. The number of hydrogen-bond acceptors (Lipinski definition) is 7. The normalized spacial score (nSPS) is 11.6. The minimum absolute atomic E-state index is 0.114. The summed E-state index contributed by atoms with van der Waals surface area (Å²) in [6.45, 7) is 7.58. The number of nitro benzene ring substituents is 1. The van der Waals surface area contributed by atoms with Crippen LogP contribution in [-0.2, 0) is 11.5 Å². The fraction of sp³-hybridized carbons (Fsp3) is 0.280. The molecule has 0 fully saturated rings. The van der Waals surface area contributed by atoms with E-state index in [1.54, 1.807) is 22.9 Å². The lowest BCUT2D eigenvalue weighted by Crippen LogP contribution is -2.22. The third-order valence-corrected chi connectivity index (χ3v) is 7.31. The summed E-state index contributed by atoms with van der Waals surface area (Å²) in [4.78, 5) is 18.8. The zero-order valence-electron chi connectivity index (χ0n) is 20.8. The first kappa shape index (κ1) is 26.2. The molecule has 0 N–H and O–H groups in total. The van der Waals surface area contributed by atoms with Gasteiger partial charge < -0.3 is 18.8 Å². The van der Waals surface area contributed by atoms with E-state index in [0.29, 0.717) is 46.8 Å². The number of rotatable bonds is 10. The Labute approximate surface area is 212 Å². The van der Waals surface area contributed by atoms with Crippen LogP contribution in [0.4, 0.5) is 14.5 Å². The molecule has 3 heterocycles. The van der Waals surface area contributed by atoms with Gasteiger partial charge in [0.15, 0.2) is 17.4 Å². The van der Waals surface area contributed by atoms with Gasteiger partial charge in [-0.05, 0) is 18.2 Å². The topological polar surface area (TPSA) is 102 Å². The van der Waals surface area contributed by atoms with Crippen LogP contribution in [0.5, 0.6) is 17.4 Å². The van der Waals surface area contributed by atoms with Gasteiger partial charge in [0.1, 0.15) is 18.1 Å². The maximum Gasteiger partial charge on any atom is 0.275 e. The van der Waals surface area contributed by atoms with Crippen LogP contribution in [0, 0.1) is 21.7 Å². The number of fused-ring (bicyclic) bond motifs is 1. The highest BCUT2D eigenvalue weighted by atomic mass is 28.3. The maximum absolute atomic E-state index is 14.6. The molecule has 0 saturated carbocycles. The van der Waals surface area contributed by atoms with Gasteiger partial charge in [0.2, 0.25) is 5.88 Å². The lowest BCUT2D eigenvalue weighted by atomic mass is 10.1. The van der Waals surface area contributed by atoms with E-state index in [1.165, 1.54) is 19.4 Å². The summed E-state index contributed by atoms with van der Waals surface area (Å²) in [5.74, 6) is -2.61. The van der Waals surface area contributed by atoms with Crippen LogP contribution in [0.2, 0.25) is 25.7 Å². The molecule has 9 nitrogen and oxygen atoms in total. The van der Waals surface area contributed by atoms with Crippen molar-refractivity contribution >= 4 is 24.8 Å². The standard InChI is InChI=1S/C25H26F2N4O5Si/c1-34-22-6-5-16(13-29-22)18-14-30(15-35-9-10-37(2,3)4)25-23(18)21(7-8-28-25)36-24-19(26)11-17(31(32)33)12-20(24)27/h5-8,11-14H,9-10,15H2,1-4H3. The summed E-state index contributed by atoms with van der Waals surface area (Å²) < 4.78 is 47.8. The largest absolute Gasteiger partial charge is 0.481 e. The molecule has 3 aromatic heterocycles. The maximum atomic E-state index is 14.6. The van der Waals surface area contributed by atoms with Crippen LogP contribution in [0.3, 0.4) is 0 Å². The number of benzene rings is 1. The predicted octanol–water partition coefficient (Wildman–Crippen LogP) is 6.40. The van der Waals surface area contributed by atoms with E-state index in [2.05, 4.69) is 29.6 Å². The molecule has 0 saturated heterocycles. The van der Waals surface area contributed by atoms with Crippen LogP contribution < -0.4 is 9.47 Å². The van der Waals surface area contributed by atoms with Gasteiger partial charge in [-0.3, -0.25) is 10.1 Å². The number of nitrogens with zero attached hydrogens (tertiary/aromatic N) is 4. The molecule has 0 bridgehead atoms. The quantitative estimate of drug-likeness (QED) is 0.102. The molecule has 0 spiro atoms. The molecule has 1 aromatic carbocycles. The number of hydrogen-bond donors (Lipinski definition) is 0. The highest BCUT2D eigenvalue weighted by Crippen LogP contribution is 2.40. The molecule has 12 heteroatoms. The molecule has 37 heavy (non-hydrogen) atoms. The molecule has 0 aliphatic rings. The molecule has 194 valence electrons. The van der Waals surface area contributed by atoms with E-state index >= 15 is 0 Å². The fourth-order valence-corrected chi connectivity index (χ4v) is 4.41. The molecule has 0 aliphatic heterocycles. The Morgan fingerprint density at radius 1 is 1.11 bits per heavy atom. The molecule has 4 aromatic rings. The zero-order chi connectivity index (χ0) is 26.7. The summed E-state index contributed by atoms with van der Waals surface area (Å²) in [7, 11) is 0.226. The van der Waals surface area contributed by atoms with Gasteiger partial charge >= 0.3 is 0 Å². The first-order chi connectivity index (χ1) is 17.6.